The summed E-state index contributed by atoms with van der Waals surface area (Å²) in [6.07, 6.45) is 1.00. The quantitative estimate of drug-likeness (QED) is 0.864. The Labute approximate surface area is 125 Å². The minimum Gasteiger partial charge on any atom is -0.395 e. The average Bonchev–Trinajstić information content (AvgIpc) is 2.80. The monoisotopic (exact) mass is 294 g/mol. The van der Waals surface area contributed by atoms with Gasteiger partial charge in [-0.05, 0) is 43.0 Å². The number of hydrogen-bond acceptors (Lipinski definition) is 3. The third-order valence-corrected chi connectivity index (χ3v) is 4.26. The number of carbonyl (C=O) groups excluding carboxylic acids is 1. The predicted octanol–water partition coefficient (Wildman–Crippen LogP) is 1.45. The third-order valence-electron chi connectivity index (χ3n) is 4.26. The van der Waals surface area contributed by atoms with Crippen LogP contribution in [0.1, 0.15) is 24.5 Å². The van der Waals surface area contributed by atoms with E-state index in [1.165, 1.54) is 6.07 Å². The second kappa shape index (κ2) is 7.00. The van der Waals surface area contributed by atoms with E-state index < -0.39 is 0 Å². The molecule has 0 bridgehead atoms. The molecule has 2 rings (SSSR count). The fourth-order valence-electron chi connectivity index (χ4n) is 2.77. The molecule has 0 radical (unpaired) electrons. The highest BCUT2D eigenvalue weighted by Crippen LogP contribution is 2.22. The molecule has 1 aliphatic heterocycles. The molecule has 2 atom stereocenters. The Morgan fingerprint density at radius 3 is 2.95 bits per heavy atom. The standard InChI is InChI=1S/C16H23FN2O2/c1-11-3-4-13(7-14(11)17)8-18-16(21)9-19-6-5-12(2)15(19)10-20/h3-4,7,12,15,20H,5-6,8-10H2,1-2H3,(H,18,21). The van der Waals surface area contributed by atoms with Gasteiger partial charge in [0.15, 0.2) is 0 Å². The molecular weight excluding hydrogens is 271 g/mol. The van der Waals surface area contributed by atoms with Gasteiger partial charge in [-0.3, -0.25) is 9.69 Å². The van der Waals surface area contributed by atoms with Crippen LogP contribution in [0.4, 0.5) is 4.39 Å². The number of nitrogens with one attached hydrogen (secondary N) is 1. The second-order valence-electron chi connectivity index (χ2n) is 5.85. The molecule has 21 heavy (non-hydrogen) atoms. The Kier molecular flexibility index (Phi) is 5.31. The number of carbonyl (C=O) groups is 1. The van der Waals surface area contributed by atoms with Gasteiger partial charge >= 0.3 is 0 Å². The number of nitrogens with zero attached hydrogens (tertiary/aromatic N) is 1. The number of aliphatic hydroxyl groups is 1. The lowest BCUT2D eigenvalue weighted by atomic mass is 10.0. The van der Waals surface area contributed by atoms with Crippen LogP contribution >= 0.6 is 0 Å². The molecule has 0 aliphatic carbocycles. The normalized spacial score (nSPS) is 22.5. The van der Waals surface area contributed by atoms with Crippen LogP contribution in [0, 0.1) is 18.7 Å². The van der Waals surface area contributed by atoms with Crippen molar-refractivity contribution in [2.24, 2.45) is 5.92 Å². The zero-order valence-corrected chi connectivity index (χ0v) is 12.6. The average molecular weight is 294 g/mol. The first kappa shape index (κ1) is 15.9. The smallest absolute Gasteiger partial charge is 0.234 e. The SMILES string of the molecule is Cc1ccc(CNC(=O)CN2CCC(C)C2CO)cc1F. The van der Waals surface area contributed by atoms with E-state index in [4.69, 9.17) is 0 Å². The number of aryl methyl sites for hydroxylation is 1. The summed E-state index contributed by atoms with van der Waals surface area (Å²) in [6, 6.07) is 5.03. The highest BCUT2D eigenvalue weighted by molar-refractivity contribution is 5.78. The van der Waals surface area contributed by atoms with Crippen molar-refractivity contribution in [3.05, 3.63) is 35.1 Å². The molecule has 1 saturated heterocycles. The second-order valence-corrected chi connectivity index (χ2v) is 5.85. The minimum absolute atomic E-state index is 0.0626. The molecule has 4 nitrogen and oxygen atoms in total. The van der Waals surface area contributed by atoms with Crippen molar-refractivity contribution in [3.63, 3.8) is 0 Å². The largest absolute Gasteiger partial charge is 0.395 e. The number of amides is 1. The van der Waals surface area contributed by atoms with Crippen LogP contribution in [0.15, 0.2) is 18.2 Å². The predicted molar refractivity (Wildman–Crippen MR) is 79.2 cm³/mol. The maximum absolute atomic E-state index is 13.4. The van der Waals surface area contributed by atoms with E-state index >= 15 is 0 Å². The van der Waals surface area contributed by atoms with E-state index in [-0.39, 0.29) is 30.9 Å². The summed E-state index contributed by atoms with van der Waals surface area (Å²) in [5.41, 5.74) is 1.35. The molecule has 1 aromatic carbocycles. The summed E-state index contributed by atoms with van der Waals surface area (Å²) in [6.45, 7) is 5.32. The first-order chi connectivity index (χ1) is 10.0. The molecule has 1 amide bonds. The van der Waals surface area contributed by atoms with Gasteiger partial charge < -0.3 is 10.4 Å². The summed E-state index contributed by atoms with van der Waals surface area (Å²) < 4.78 is 13.4. The zero-order valence-electron chi connectivity index (χ0n) is 12.6. The molecular formula is C16H23FN2O2. The molecule has 5 heteroatoms. The molecule has 1 fully saturated rings. The molecule has 1 aromatic rings. The summed E-state index contributed by atoms with van der Waals surface area (Å²) in [5, 5.41) is 12.2. The van der Waals surface area contributed by atoms with Gasteiger partial charge in [-0.1, -0.05) is 19.1 Å². The number of rotatable bonds is 5. The molecule has 0 aromatic heterocycles. The lowest BCUT2D eigenvalue weighted by molar-refractivity contribution is -0.122. The Bertz CT molecular complexity index is 507. The van der Waals surface area contributed by atoms with Crippen LogP contribution in [0.3, 0.4) is 0 Å². The van der Waals surface area contributed by atoms with Crippen molar-refractivity contribution in [1.82, 2.24) is 10.2 Å². The van der Waals surface area contributed by atoms with E-state index in [0.717, 1.165) is 18.5 Å². The lowest BCUT2D eigenvalue weighted by Gasteiger charge is -2.24. The highest BCUT2D eigenvalue weighted by Gasteiger charge is 2.31. The maximum Gasteiger partial charge on any atom is 0.234 e. The van der Waals surface area contributed by atoms with Gasteiger partial charge in [0.1, 0.15) is 5.82 Å². The van der Waals surface area contributed by atoms with Crippen LogP contribution in [-0.2, 0) is 11.3 Å². The first-order valence-electron chi connectivity index (χ1n) is 7.38. The maximum atomic E-state index is 13.4. The highest BCUT2D eigenvalue weighted by atomic mass is 19.1. The summed E-state index contributed by atoms with van der Waals surface area (Å²) in [7, 11) is 0. The van der Waals surface area contributed by atoms with Gasteiger partial charge in [-0.15, -0.1) is 0 Å². The lowest BCUT2D eigenvalue weighted by Crippen LogP contribution is -2.42. The van der Waals surface area contributed by atoms with E-state index in [2.05, 4.69) is 12.2 Å². The van der Waals surface area contributed by atoms with Crippen LogP contribution in [0.25, 0.3) is 0 Å². The summed E-state index contributed by atoms with van der Waals surface area (Å²) >= 11 is 0. The van der Waals surface area contributed by atoms with Gasteiger partial charge in [0.2, 0.25) is 5.91 Å². The number of likely N-dealkylation sites (tertiary alicyclic amines) is 1. The van der Waals surface area contributed by atoms with Crippen molar-refractivity contribution < 1.29 is 14.3 Å². The Morgan fingerprint density at radius 2 is 2.29 bits per heavy atom. The van der Waals surface area contributed by atoms with Crippen LogP contribution in [0.2, 0.25) is 0 Å². The van der Waals surface area contributed by atoms with Crippen LogP contribution in [-0.4, -0.2) is 41.7 Å². The topological polar surface area (TPSA) is 52.6 Å². The molecule has 1 heterocycles. The fraction of sp³-hybridized carbons (Fsp3) is 0.562. The van der Waals surface area contributed by atoms with E-state index in [1.54, 1.807) is 13.0 Å². The molecule has 1 aliphatic rings. The van der Waals surface area contributed by atoms with Crippen molar-refractivity contribution in [2.75, 3.05) is 19.7 Å². The van der Waals surface area contributed by atoms with Crippen molar-refractivity contribution >= 4 is 5.91 Å². The minimum atomic E-state index is -0.254. The molecule has 2 unspecified atom stereocenters. The number of halogens is 1. The van der Waals surface area contributed by atoms with E-state index in [9.17, 15) is 14.3 Å². The van der Waals surface area contributed by atoms with Crippen LogP contribution in [0.5, 0.6) is 0 Å². The van der Waals surface area contributed by atoms with Gasteiger partial charge in [0.05, 0.1) is 13.2 Å². The van der Waals surface area contributed by atoms with Crippen molar-refractivity contribution in [1.29, 1.82) is 0 Å². The van der Waals surface area contributed by atoms with E-state index in [0.29, 0.717) is 18.0 Å². The Morgan fingerprint density at radius 1 is 1.52 bits per heavy atom. The summed E-state index contributed by atoms with van der Waals surface area (Å²) in [4.78, 5) is 14.0. The molecule has 0 saturated carbocycles. The summed E-state index contributed by atoms with van der Waals surface area (Å²) in [5.74, 6) is 0.0630. The van der Waals surface area contributed by atoms with Crippen molar-refractivity contribution in [2.45, 2.75) is 32.9 Å². The Balaban J connectivity index is 1.83. The zero-order chi connectivity index (χ0) is 15.4. The first-order valence-corrected chi connectivity index (χ1v) is 7.38. The van der Waals surface area contributed by atoms with Crippen LogP contribution < -0.4 is 5.32 Å². The fourth-order valence-corrected chi connectivity index (χ4v) is 2.77. The third kappa shape index (κ3) is 4.02. The molecule has 116 valence electrons. The van der Waals surface area contributed by atoms with Crippen molar-refractivity contribution in [3.8, 4) is 0 Å². The number of benzene rings is 1. The molecule has 2 N–H and O–H groups in total. The molecule has 0 spiro atoms. The number of aliphatic hydroxyl groups excluding tert-OH is 1. The van der Waals surface area contributed by atoms with Gasteiger partial charge in [-0.2, -0.15) is 0 Å². The Hall–Kier alpha value is -1.46. The van der Waals surface area contributed by atoms with Gasteiger partial charge in [-0.25, -0.2) is 4.39 Å². The van der Waals surface area contributed by atoms with Gasteiger partial charge in [0.25, 0.3) is 0 Å². The number of hydrogen-bond donors (Lipinski definition) is 2. The van der Waals surface area contributed by atoms with E-state index in [1.807, 2.05) is 11.0 Å². The van der Waals surface area contributed by atoms with Gasteiger partial charge in [0, 0.05) is 12.6 Å².